The summed E-state index contributed by atoms with van der Waals surface area (Å²) >= 11 is 0. The van der Waals surface area contributed by atoms with Crippen molar-refractivity contribution < 1.29 is 17.9 Å². The Morgan fingerprint density at radius 3 is 2.53 bits per heavy atom. The molecule has 168 valence electrons. The lowest BCUT2D eigenvalue weighted by Gasteiger charge is -2.30. The van der Waals surface area contributed by atoms with E-state index in [1.54, 1.807) is 12.1 Å². The van der Waals surface area contributed by atoms with E-state index in [9.17, 15) is 13.2 Å². The van der Waals surface area contributed by atoms with Crippen LogP contribution in [0.4, 0.5) is 5.69 Å². The van der Waals surface area contributed by atoms with Gasteiger partial charge in [-0.3, -0.25) is 4.79 Å². The molecule has 0 saturated carbocycles. The van der Waals surface area contributed by atoms with Crippen molar-refractivity contribution in [3.63, 3.8) is 0 Å². The molecule has 3 rings (SSSR count). The summed E-state index contributed by atoms with van der Waals surface area (Å²) in [5, 5.41) is 3.06. The van der Waals surface area contributed by atoms with Crippen LogP contribution >= 0.6 is 0 Å². The smallest absolute Gasteiger partial charge is 0.253 e. The maximum Gasteiger partial charge on any atom is 0.253 e. The number of rotatable bonds is 7. The van der Waals surface area contributed by atoms with E-state index >= 15 is 0 Å². The largest absolute Gasteiger partial charge is 0.378 e. The van der Waals surface area contributed by atoms with Gasteiger partial charge in [-0.1, -0.05) is 0 Å². The molecule has 2 aliphatic rings. The third-order valence-electron chi connectivity index (χ3n) is 5.94. The molecule has 0 bridgehead atoms. The van der Waals surface area contributed by atoms with E-state index in [0.29, 0.717) is 50.4 Å². The number of carbonyl (C=O) groups excluding carboxylic acids is 1. The first-order chi connectivity index (χ1) is 14.2. The zero-order valence-corrected chi connectivity index (χ0v) is 19.2. The molecule has 2 fully saturated rings. The summed E-state index contributed by atoms with van der Waals surface area (Å²) < 4.78 is 31.8. The Morgan fingerprint density at radius 1 is 1.23 bits per heavy atom. The fraction of sp³-hybridized carbons (Fsp3) is 0.667. The fourth-order valence-electron chi connectivity index (χ4n) is 3.98. The lowest BCUT2D eigenvalue weighted by Crippen LogP contribution is -2.38. The predicted octanol–water partition coefficient (Wildman–Crippen LogP) is 1.23. The number of morpholine rings is 1. The molecule has 2 saturated heterocycles. The lowest BCUT2D eigenvalue weighted by atomic mass is 10.1. The van der Waals surface area contributed by atoms with Crippen LogP contribution in [0.5, 0.6) is 0 Å². The molecule has 2 aliphatic heterocycles. The molecule has 1 amide bonds. The van der Waals surface area contributed by atoms with Crippen molar-refractivity contribution in [3.05, 3.63) is 23.8 Å². The maximum absolute atomic E-state index is 13.1. The summed E-state index contributed by atoms with van der Waals surface area (Å²) in [6.45, 7) is 9.51. The van der Waals surface area contributed by atoms with Gasteiger partial charge in [0, 0.05) is 52.0 Å². The van der Waals surface area contributed by atoms with Gasteiger partial charge in [-0.05, 0) is 50.9 Å². The van der Waals surface area contributed by atoms with Crippen LogP contribution in [0.2, 0.25) is 0 Å². The number of anilines is 1. The molecule has 0 aliphatic carbocycles. The van der Waals surface area contributed by atoms with Crippen LogP contribution in [0, 0.1) is 5.92 Å². The zero-order chi connectivity index (χ0) is 21.9. The monoisotopic (exact) mass is 438 g/mol. The minimum atomic E-state index is -3.62. The third-order valence-corrected chi connectivity index (χ3v) is 7.75. The van der Waals surface area contributed by atoms with Gasteiger partial charge in [0.25, 0.3) is 5.91 Å². The van der Waals surface area contributed by atoms with Crippen molar-refractivity contribution in [1.29, 1.82) is 0 Å². The highest BCUT2D eigenvalue weighted by atomic mass is 32.2. The highest BCUT2D eigenvalue weighted by Gasteiger charge is 2.27. The van der Waals surface area contributed by atoms with Gasteiger partial charge in [0.15, 0.2) is 0 Å². The van der Waals surface area contributed by atoms with Crippen molar-refractivity contribution in [2.24, 2.45) is 5.92 Å². The van der Waals surface area contributed by atoms with Crippen LogP contribution in [0.15, 0.2) is 23.1 Å². The summed E-state index contributed by atoms with van der Waals surface area (Å²) in [4.78, 5) is 17.8. The summed E-state index contributed by atoms with van der Waals surface area (Å²) in [5.41, 5.74) is 1.15. The number of benzene rings is 1. The molecule has 1 N–H and O–H groups in total. The van der Waals surface area contributed by atoms with Crippen molar-refractivity contribution in [3.8, 4) is 0 Å². The predicted molar refractivity (Wildman–Crippen MR) is 117 cm³/mol. The summed E-state index contributed by atoms with van der Waals surface area (Å²) in [5.74, 6) is 0.187. The maximum atomic E-state index is 13.1. The van der Waals surface area contributed by atoms with Gasteiger partial charge in [0.05, 0.1) is 23.7 Å². The summed E-state index contributed by atoms with van der Waals surface area (Å²) in [6, 6.07) is 5.33. The Hall–Kier alpha value is -1.68. The Labute approximate surface area is 180 Å². The molecule has 9 heteroatoms. The van der Waals surface area contributed by atoms with Crippen molar-refractivity contribution in [2.75, 3.05) is 64.9 Å². The highest BCUT2D eigenvalue weighted by molar-refractivity contribution is 7.89. The van der Waals surface area contributed by atoms with E-state index in [1.807, 2.05) is 0 Å². The second kappa shape index (κ2) is 9.64. The number of carbonyl (C=O) groups is 1. The first-order valence-electron chi connectivity index (χ1n) is 10.6. The van der Waals surface area contributed by atoms with Gasteiger partial charge in [0.1, 0.15) is 0 Å². The van der Waals surface area contributed by atoms with Crippen molar-refractivity contribution >= 4 is 21.6 Å². The van der Waals surface area contributed by atoms with E-state index in [0.717, 1.165) is 29.5 Å². The number of nitrogens with zero attached hydrogens (tertiary/aromatic N) is 3. The second-order valence-electron chi connectivity index (χ2n) is 8.52. The molecule has 1 aromatic carbocycles. The molecule has 0 spiro atoms. The minimum absolute atomic E-state index is 0.126. The molecule has 8 nitrogen and oxygen atoms in total. The van der Waals surface area contributed by atoms with E-state index in [-0.39, 0.29) is 10.8 Å². The number of ether oxygens (including phenoxy) is 1. The van der Waals surface area contributed by atoms with E-state index in [2.05, 4.69) is 29.0 Å². The average Bonchev–Trinajstić information content (AvgIpc) is 3.21. The number of hydrogen-bond acceptors (Lipinski definition) is 6. The minimum Gasteiger partial charge on any atom is -0.378 e. The van der Waals surface area contributed by atoms with Gasteiger partial charge in [-0.15, -0.1) is 0 Å². The molecular weight excluding hydrogens is 404 g/mol. The van der Waals surface area contributed by atoms with Crippen LogP contribution in [0.25, 0.3) is 0 Å². The molecular formula is C21H34N4O4S. The fourth-order valence-corrected chi connectivity index (χ4v) is 4.91. The number of sulfonamides is 1. The van der Waals surface area contributed by atoms with Crippen molar-refractivity contribution in [2.45, 2.75) is 31.2 Å². The van der Waals surface area contributed by atoms with Gasteiger partial charge in [0.2, 0.25) is 10.0 Å². The number of amides is 1. The topological polar surface area (TPSA) is 82.2 Å². The first-order valence-corrected chi connectivity index (χ1v) is 12.1. The van der Waals surface area contributed by atoms with Crippen LogP contribution in [-0.4, -0.2) is 89.6 Å². The molecule has 1 atom stereocenters. The third kappa shape index (κ3) is 5.14. The van der Waals surface area contributed by atoms with Crippen LogP contribution in [0.3, 0.4) is 0 Å². The Balaban J connectivity index is 1.81. The van der Waals surface area contributed by atoms with E-state index < -0.39 is 10.0 Å². The summed E-state index contributed by atoms with van der Waals surface area (Å²) in [7, 11) is -0.641. The van der Waals surface area contributed by atoms with E-state index in [4.69, 9.17) is 4.74 Å². The highest BCUT2D eigenvalue weighted by Crippen LogP contribution is 2.26. The van der Waals surface area contributed by atoms with Gasteiger partial charge in [-0.25, -0.2) is 12.7 Å². The van der Waals surface area contributed by atoms with Crippen LogP contribution in [0.1, 0.15) is 30.6 Å². The Bertz CT molecular complexity index is 851. The molecule has 30 heavy (non-hydrogen) atoms. The van der Waals surface area contributed by atoms with Gasteiger partial charge >= 0.3 is 0 Å². The Morgan fingerprint density at radius 2 is 1.93 bits per heavy atom. The average molecular weight is 439 g/mol. The van der Waals surface area contributed by atoms with Crippen LogP contribution < -0.4 is 10.2 Å². The SMILES string of the molecule is CC(C)N1CCC(CNC(=O)c2cc(S(=O)(=O)N(C)C)ccc2N2CCOCC2)C1. The summed E-state index contributed by atoms with van der Waals surface area (Å²) in [6.07, 6.45) is 1.06. The van der Waals surface area contributed by atoms with Gasteiger partial charge in [-0.2, -0.15) is 0 Å². The van der Waals surface area contributed by atoms with Crippen LogP contribution in [-0.2, 0) is 14.8 Å². The molecule has 1 unspecified atom stereocenters. The van der Waals surface area contributed by atoms with E-state index in [1.165, 1.54) is 20.2 Å². The Kier molecular flexibility index (Phi) is 7.38. The standard InChI is InChI=1S/C21H34N4O4S/c1-16(2)25-8-7-17(15-25)14-22-21(26)19-13-18(30(27,28)23(3)4)5-6-20(19)24-9-11-29-12-10-24/h5-6,13,16-17H,7-12,14-15H2,1-4H3,(H,22,26). The zero-order valence-electron chi connectivity index (χ0n) is 18.4. The molecule has 0 radical (unpaired) electrons. The normalized spacial score (nSPS) is 20.9. The molecule has 2 heterocycles. The number of hydrogen-bond donors (Lipinski definition) is 1. The molecule has 1 aromatic rings. The first kappa shape index (κ1) is 23.0. The quantitative estimate of drug-likeness (QED) is 0.690. The number of nitrogens with one attached hydrogen (secondary N) is 1. The molecule has 0 aromatic heterocycles. The van der Waals surface area contributed by atoms with Gasteiger partial charge < -0.3 is 19.9 Å². The number of likely N-dealkylation sites (tertiary alicyclic amines) is 1. The lowest BCUT2D eigenvalue weighted by molar-refractivity contribution is 0.0945. The second-order valence-corrected chi connectivity index (χ2v) is 10.7. The van der Waals surface area contributed by atoms with Crippen molar-refractivity contribution in [1.82, 2.24) is 14.5 Å².